The molecule has 2 heterocycles. The number of likely N-dealkylation sites (tertiary alicyclic amines) is 1. The Morgan fingerprint density at radius 1 is 1.07 bits per heavy atom. The number of amides is 4. The van der Waals surface area contributed by atoms with Crippen LogP contribution in [0.15, 0.2) is 36.4 Å². The van der Waals surface area contributed by atoms with Gasteiger partial charge in [0.2, 0.25) is 21.8 Å². The molecule has 55 heavy (non-hydrogen) atoms. The Morgan fingerprint density at radius 2 is 1.76 bits per heavy atom. The van der Waals surface area contributed by atoms with Crippen LogP contribution < -0.4 is 15.4 Å². The Balaban J connectivity index is 1.27. The zero-order valence-electron chi connectivity index (χ0n) is 31.0. The molecule has 18 heteroatoms. The van der Waals surface area contributed by atoms with Crippen molar-refractivity contribution >= 4 is 51.1 Å². The zero-order valence-corrected chi connectivity index (χ0v) is 32.6. The summed E-state index contributed by atoms with van der Waals surface area (Å²) in [5.74, 6) is -4.34. The second kappa shape index (κ2) is 14.1. The molecule has 6 rings (SSSR count). The summed E-state index contributed by atoms with van der Waals surface area (Å²) in [6.07, 6.45) is -5.67. The third-order valence-corrected chi connectivity index (χ3v) is 13.7. The van der Waals surface area contributed by atoms with Crippen molar-refractivity contribution in [3.63, 3.8) is 0 Å². The van der Waals surface area contributed by atoms with Gasteiger partial charge in [0.15, 0.2) is 0 Å². The van der Waals surface area contributed by atoms with Gasteiger partial charge < -0.3 is 20.3 Å². The molecular weight excluding hydrogens is 770 g/mol. The van der Waals surface area contributed by atoms with Crippen molar-refractivity contribution in [2.45, 2.75) is 114 Å². The summed E-state index contributed by atoms with van der Waals surface area (Å²) < 4.78 is 87.8. The molecule has 3 fully saturated rings. The number of halogens is 5. The molecule has 2 aliphatic heterocycles. The number of anilines is 1. The normalized spacial score (nSPS) is 24.8. The molecule has 300 valence electrons. The van der Waals surface area contributed by atoms with Crippen LogP contribution in [0.1, 0.15) is 83.4 Å². The number of rotatable bonds is 10. The highest BCUT2D eigenvalue weighted by atomic mass is 35.5. The third kappa shape index (κ3) is 7.96. The number of ether oxygens (including phenoxy) is 1. The van der Waals surface area contributed by atoms with E-state index in [0.29, 0.717) is 36.4 Å². The molecule has 2 aromatic rings. The number of carbonyl (C=O) groups excluding carboxylic acids is 4. The van der Waals surface area contributed by atoms with Gasteiger partial charge in [-0.15, -0.1) is 0 Å². The highest BCUT2D eigenvalue weighted by Gasteiger charge is 2.63. The molecule has 4 aliphatic rings. The number of hydrogen-bond donors (Lipinski definition) is 3. The van der Waals surface area contributed by atoms with Crippen molar-refractivity contribution in [3.8, 4) is 0 Å². The summed E-state index contributed by atoms with van der Waals surface area (Å²) in [6.45, 7) is 8.32. The molecule has 2 aromatic carbocycles. The van der Waals surface area contributed by atoms with Crippen LogP contribution in [0.3, 0.4) is 0 Å². The molecule has 0 spiro atoms. The average Bonchev–Trinajstić information content (AvgIpc) is 3.89. The second-order valence-corrected chi connectivity index (χ2v) is 18.9. The van der Waals surface area contributed by atoms with E-state index in [1.165, 1.54) is 11.8 Å². The maximum Gasteiger partial charge on any atom is 0.419 e. The van der Waals surface area contributed by atoms with Crippen molar-refractivity contribution < 1.29 is 49.9 Å². The van der Waals surface area contributed by atoms with E-state index >= 15 is 0 Å². The molecule has 2 saturated carbocycles. The van der Waals surface area contributed by atoms with E-state index in [2.05, 4.69) is 15.4 Å². The molecule has 5 atom stereocenters. The number of sulfonamides is 1. The summed E-state index contributed by atoms with van der Waals surface area (Å²) in [7, 11) is -4.05. The van der Waals surface area contributed by atoms with Crippen molar-refractivity contribution in [1.82, 2.24) is 19.8 Å². The fraction of sp³-hybridized carbons (Fsp3) is 0.568. The maximum absolute atomic E-state index is 14.5. The van der Waals surface area contributed by atoms with Crippen molar-refractivity contribution in [3.05, 3.63) is 63.9 Å². The Labute approximate surface area is 321 Å². The van der Waals surface area contributed by atoms with E-state index in [9.17, 15) is 45.2 Å². The SMILES string of the molecule is CCC1CC1(NC(=O)C1CC(OC(=O)N2Cc3cccc(Cl)c3C2)CN1C(=O)C(Nc1ccc(F)c(C(F)(F)F)c1)C(C)(C)C)C(=O)NS(=O)(=O)C1(C)CC1. The minimum Gasteiger partial charge on any atom is -0.444 e. The van der Waals surface area contributed by atoms with Crippen molar-refractivity contribution in [2.24, 2.45) is 11.3 Å². The summed E-state index contributed by atoms with van der Waals surface area (Å²) in [5.41, 5.74) is -2.75. The first-order chi connectivity index (χ1) is 25.5. The van der Waals surface area contributed by atoms with Gasteiger partial charge in [0.1, 0.15) is 29.5 Å². The first-order valence-electron chi connectivity index (χ1n) is 18.0. The zero-order chi connectivity index (χ0) is 40.5. The fourth-order valence-electron chi connectivity index (χ4n) is 7.31. The Morgan fingerprint density at radius 3 is 2.35 bits per heavy atom. The summed E-state index contributed by atoms with van der Waals surface area (Å²) in [6, 6.07) is 4.90. The van der Waals surface area contributed by atoms with E-state index in [4.69, 9.17) is 16.3 Å². The number of fused-ring (bicyclic) bond motifs is 1. The Bertz CT molecular complexity index is 2020. The van der Waals surface area contributed by atoms with Crippen LogP contribution >= 0.6 is 11.6 Å². The van der Waals surface area contributed by atoms with Gasteiger partial charge in [0.25, 0.3) is 5.91 Å². The van der Waals surface area contributed by atoms with E-state index in [1.807, 2.05) is 6.07 Å². The quantitative estimate of drug-likeness (QED) is 0.257. The molecule has 4 amide bonds. The topological polar surface area (TPSA) is 154 Å². The van der Waals surface area contributed by atoms with Gasteiger partial charge in [-0.1, -0.05) is 57.8 Å². The Hall–Kier alpha value is -4.12. The van der Waals surface area contributed by atoms with Crippen LogP contribution in [0, 0.1) is 17.2 Å². The van der Waals surface area contributed by atoms with Crippen LogP contribution in [0.5, 0.6) is 0 Å². The molecule has 3 N–H and O–H groups in total. The summed E-state index contributed by atoms with van der Waals surface area (Å²) in [5, 5.41) is 6.02. The molecule has 12 nitrogen and oxygen atoms in total. The minimum absolute atomic E-state index is 0.142. The van der Waals surface area contributed by atoms with Gasteiger partial charge in [-0.2, -0.15) is 13.2 Å². The van der Waals surface area contributed by atoms with Crippen LogP contribution in [0.4, 0.5) is 28.0 Å². The molecule has 1 saturated heterocycles. The molecule has 0 radical (unpaired) electrons. The first kappa shape index (κ1) is 40.5. The monoisotopic (exact) mass is 813 g/mol. The Kier molecular flexibility index (Phi) is 10.4. The summed E-state index contributed by atoms with van der Waals surface area (Å²) >= 11 is 6.33. The van der Waals surface area contributed by atoms with Gasteiger partial charge in [-0.3, -0.25) is 24.0 Å². The number of benzene rings is 2. The lowest BCUT2D eigenvalue weighted by Crippen LogP contribution is -2.59. The highest BCUT2D eigenvalue weighted by Crippen LogP contribution is 2.48. The van der Waals surface area contributed by atoms with Crippen LogP contribution in [-0.4, -0.2) is 77.1 Å². The standard InChI is InChI=1S/C37H44ClF4N5O7S/c1-6-21-16-36(21,32(50)45-55(52,53)35(5)12-13-35)44-30(48)28-15-23(54-33(51)46-17-20-8-7-9-26(38)24(20)19-46)18-47(28)31(49)29(34(2,3)4)43-22-10-11-27(39)25(14-22)37(40,41)42/h7-11,14,21,23,28-29,43H,6,12-13,15-19H2,1-5H3,(H,44,48)(H,45,50). The molecular formula is C37H44ClF4N5O7S. The molecule has 5 unspecified atom stereocenters. The van der Waals surface area contributed by atoms with Crippen LogP contribution in [0.25, 0.3) is 0 Å². The van der Waals surface area contributed by atoms with E-state index in [0.717, 1.165) is 22.1 Å². The average molecular weight is 814 g/mol. The number of nitrogens with zero attached hydrogens (tertiary/aromatic N) is 2. The van der Waals surface area contributed by atoms with Gasteiger partial charge >= 0.3 is 12.3 Å². The van der Waals surface area contributed by atoms with E-state index in [1.54, 1.807) is 39.8 Å². The van der Waals surface area contributed by atoms with E-state index < -0.39 is 91.2 Å². The number of alkyl halides is 3. The van der Waals surface area contributed by atoms with Crippen molar-refractivity contribution in [2.75, 3.05) is 11.9 Å². The predicted molar refractivity (Wildman–Crippen MR) is 193 cm³/mol. The fourth-order valence-corrected chi connectivity index (χ4v) is 8.88. The van der Waals surface area contributed by atoms with Crippen LogP contribution in [0.2, 0.25) is 5.02 Å². The first-order valence-corrected chi connectivity index (χ1v) is 19.9. The van der Waals surface area contributed by atoms with Gasteiger partial charge in [0.05, 0.1) is 23.4 Å². The molecule has 2 aliphatic carbocycles. The van der Waals surface area contributed by atoms with Crippen LogP contribution in [-0.2, 0) is 48.4 Å². The lowest BCUT2D eigenvalue weighted by atomic mass is 9.85. The third-order valence-electron chi connectivity index (χ3n) is 11.2. The molecule has 0 bridgehead atoms. The minimum atomic E-state index is -5.02. The van der Waals surface area contributed by atoms with Gasteiger partial charge in [-0.05, 0) is 72.9 Å². The number of carbonyl (C=O) groups is 4. The largest absolute Gasteiger partial charge is 0.444 e. The van der Waals surface area contributed by atoms with Crippen molar-refractivity contribution in [1.29, 1.82) is 0 Å². The predicted octanol–water partition coefficient (Wildman–Crippen LogP) is 5.73. The lowest BCUT2D eigenvalue weighted by molar-refractivity contribution is -0.141. The number of hydrogen-bond acceptors (Lipinski definition) is 8. The second-order valence-electron chi connectivity index (χ2n) is 16.3. The number of nitrogens with one attached hydrogen (secondary N) is 3. The van der Waals surface area contributed by atoms with E-state index in [-0.39, 0.29) is 38.2 Å². The molecule has 0 aromatic heterocycles. The highest BCUT2D eigenvalue weighted by molar-refractivity contribution is 7.91. The lowest BCUT2D eigenvalue weighted by Gasteiger charge is -2.36. The maximum atomic E-state index is 14.5. The van der Waals surface area contributed by atoms with Gasteiger partial charge in [0, 0.05) is 23.7 Å². The summed E-state index contributed by atoms with van der Waals surface area (Å²) in [4.78, 5) is 58.4. The smallest absolute Gasteiger partial charge is 0.419 e. The van der Waals surface area contributed by atoms with Gasteiger partial charge in [-0.25, -0.2) is 17.6 Å².